The Bertz CT molecular complexity index is 843. The maximum atomic E-state index is 12.3. The molecule has 1 amide bonds. The van der Waals surface area contributed by atoms with Crippen molar-refractivity contribution in [3.63, 3.8) is 0 Å². The number of rotatable bonds is 5. The van der Waals surface area contributed by atoms with Gasteiger partial charge >= 0.3 is 0 Å². The fourth-order valence-electron chi connectivity index (χ4n) is 2.08. The molecule has 2 heterocycles. The maximum Gasteiger partial charge on any atom is 0.257 e. The molecule has 1 aromatic carbocycles. The molecule has 0 aliphatic heterocycles. The van der Waals surface area contributed by atoms with Crippen LogP contribution in [0, 0.1) is 6.92 Å². The Kier molecular flexibility index (Phi) is 4.42. The molecule has 0 radical (unpaired) electrons. The number of ether oxygens (including phenoxy) is 1. The van der Waals surface area contributed by atoms with Crippen molar-refractivity contribution in [2.75, 3.05) is 17.7 Å². The molecule has 7 nitrogen and oxygen atoms in total. The molecule has 3 aromatic rings. The van der Waals surface area contributed by atoms with Gasteiger partial charge in [0.2, 0.25) is 0 Å². The third kappa shape index (κ3) is 3.70. The number of carbonyl (C=O) groups is 1. The van der Waals surface area contributed by atoms with Crippen LogP contribution in [0.1, 0.15) is 16.1 Å². The lowest BCUT2D eigenvalue weighted by atomic mass is 10.2. The van der Waals surface area contributed by atoms with Gasteiger partial charge < -0.3 is 19.9 Å². The second-order valence-electron chi connectivity index (χ2n) is 5.09. The van der Waals surface area contributed by atoms with Crippen LogP contribution in [0.2, 0.25) is 0 Å². The van der Waals surface area contributed by atoms with Gasteiger partial charge in [-0.3, -0.25) is 9.78 Å². The third-order valence-electron chi connectivity index (χ3n) is 3.25. The van der Waals surface area contributed by atoms with Crippen molar-refractivity contribution >= 4 is 23.1 Å². The van der Waals surface area contributed by atoms with E-state index in [4.69, 9.17) is 9.26 Å². The zero-order chi connectivity index (χ0) is 16.9. The zero-order valence-electron chi connectivity index (χ0n) is 13.2. The van der Waals surface area contributed by atoms with Crippen molar-refractivity contribution in [2.45, 2.75) is 6.92 Å². The Balaban J connectivity index is 1.71. The molecule has 122 valence electrons. The molecule has 2 N–H and O–H groups in total. The molecular formula is C17H16N4O3. The summed E-state index contributed by atoms with van der Waals surface area (Å²) in [7, 11) is 1.59. The van der Waals surface area contributed by atoms with Crippen LogP contribution in [-0.2, 0) is 0 Å². The summed E-state index contributed by atoms with van der Waals surface area (Å²) in [6.07, 6.45) is 3.10. The number of anilines is 3. The molecule has 3 rings (SSSR count). The zero-order valence-corrected chi connectivity index (χ0v) is 13.2. The van der Waals surface area contributed by atoms with Crippen molar-refractivity contribution in [1.29, 1.82) is 0 Å². The van der Waals surface area contributed by atoms with Crippen LogP contribution in [0.5, 0.6) is 5.75 Å². The van der Waals surface area contributed by atoms with Crippen LogP contribution < -0.4 is 15.4 Å². The van der Waals surface area contributed by atoms with Gasteiger partial charge in [0.15, 0.2) is 5.82 Å². The van der Waals surface area contributed by atoms with E-state index in [9.17, 15) is 4.79 Å². The number of methoxy groups -OCH3 is 1. The topological polar surface area (TPSA) is 89.3 Å². The van der Waals surface area contributed by atoms with E-state index in [1.165, 1.54) is 6.20 Å². The maximum absolute atomic E-state index is 12.3. The molecular weight excluding hydrogens is 308 g/mol. The highest BCUT2D eigenvalue weighted by molar-refractivity contribution is 6.04. The van der Waals surface area contributed by atoms with E-state index in [0.717, 1.165) is 5.75 Å². The Hall–Kier alpha value is -3.35. The normalized spacial score (nSPS) is 10.2. The smallest absolute Gasteiger partial charge is 0.257 e. The number of nitrogens with zero attached hydrogens (tertiary/aromatic N) is 2. The van der Waals surface area contributed by atoms with E-state index in [-0.39, 0.29) is 5.91 Å². The first-order chi connectivity index (χ1) is 11.6. The summed E-state index contributed by atoms with van der Waals surface area (Å²) in [4.78, 5) is 16.4. The molecule has 0 aliphatic rings. The fraction of sp³-hybridized carbons (Fsp3) is 0.118. The first-order valence-corrected chi connectivity index (χ1v) is 7.25. The van der Waals surface area contributed by atoms with Crippen molar-refractivity contribution in [2.24, 2.45) is 0 Å². The minimum absolute atomic E-state index is 0.257. The second kappa shape index (κ2) is 6.82. The van der Waals surface area contributed by atoms with Gasteiger partial charge in [-0.1, -0.05) is 5.16 Å². The highest BCUT2D eigenvalue weighted by atomic mass is 16.5. The summed E-state index contributed by atoms with van der Waals surface area (Å²) in [6, 6.07) is 10.5. The monoisotopic (exact) mass is 324 g/mol. The molecule has 0 bridgehead atoms. The van der Waals surface area contributed by atoms with Gasteiger partial charge in [0.25, 0.3) is 5.91 Å². The van der Waals surface area contributed by atoms with Gasteiger partial charge in [0.1, 0.15) is 11.5 Å². The Labute approximate surface area is 138 Å². The standard InChI is InChI=1S/C17H16N4O3/c1-11-7-16(21-24-11)19-14-8-12(9-18-10-14)17(22)20-13-3-5-15(23-2)6-4-13/h3-10H,1-2H3,(H,19,21)(H,20,22). The molecule has 0 saturated carbocycles. The van der Waals surface area contributed by atoms with Crippen LogP contribution in [0.4, 0.5) is 17.2 Å². The van der Waals surface area contributed by atoms with Gasteiger partial charge in [0.05, 0.1) is 24.6 Å². The first-order valence-electron chi connectivity index (χ1n) is 7.25. The van der Waals surface area contributed by atoms with E-state index < -0.39 is 0 Å². The summed E-state index contributed by atoms with van der Waals surface area (Å²) in [5.41, 5.74) is 1.74. The number of aromatic nitrogens is 2. The highest BCUT2D eigenvalue weighted by Gasteiger charge is 2.09. The molecule has 0 fully saturated rings. The number of nitrogens with one attached hydrogen (secondary N) is 2. The van der Waals surface area contributed by atoms with Gasteiger partial charge in [-0.15, -0.1) is 0 Å². The molecule has 0 atom stereocenters. The molecule has 24 heavy (non-hydrogen) atoms. The number of carbonyl (C=O) groups excluding carboxylic acids is 1. The number of aryl methyl sites for hydroxylation is 1. The number of benzene rings is 1. The Morgan fingerprint density at radius 1 is 1.12 bits per heavy atom. The molecule has 2 aromatic heterocycles. The minimum atomic E-state index is -0.257. The van der Waals surface area contributed by atoms with Crippen LogP contribution in [0.25, 0.3) is 0 Å². The lowest BCUT2D eigenvalue weighted by Crippen LogP contribution is -2.12. The van der Waals surface area contributed by atoms with Crippen molar-refractivity contribution < 1.29 is 14.1 Å². The van der Waals surface area contributed by atoms with Crippen molar-refractivity contribution in [1.82, 2.24) is 10.1 Å². The van der Waals surface area contributed by atoms with Gasteiger partial charge in [0, 0.05) is 18.0 Å². The molecule has 0 saturated heterocycles. The van der Waals surface area contributed by atoms with Crippen molar-refractivity contribution in [3.05, 3.63) is 60.1 Å². The summed E-state index contributed by atoms with van der Waals surface area (Å²) in [5, 5.41) is 9.69. The van der Waals surface area contributed by atoms with E-state index in [1.807, 2.05) is 0 Å². The van der Waals surface area contributed by atoms with Gasteiger partial charge in [-0.05, 0) is 37.3 Å². The summed E-state index contributed by atoms with van der Waals surface area (Å²) >= 11 is 0. The molecule has 0 aliphatic carbocycles. The predicted octanol–water partition coefficient (Wildman–Crippen LogP) is 3.38. The summed E-state index contributed by atoms with van der Waals surface area (Å²) in [6.45, 7) is 1.80. The molecule has 0 unspecified atom stereocenters. The second-order valence-corrected chi connectivity index (χ2v) is 5.09. The average molecular weight is 324 g/mol. The molecule has 7 heteroatoms. The minimum Gasteiger partial charge on any atom is -0.497 e. The van der Waals surface area contributed by atoms with Crippen LogP contribution in [-0.4, -0.2) is 23.2 Å². The lowest BCUT2D eigenvalue weighted by Gasteiger charge is -2.07. The SMILES string of the molecule is COc1ccc(NC(=O)c2cncc(Nc3cc(C)on3)c2)cc1. The van der Waals surface area contributed by atoms with Crippen LogP contribution in [0.3, 0.4) is 0 Å². The quantitative estimate of drug-likeness (QED) is 0.748. The van der Waals surface area contributed by atoms with Gasteiger partial charge in [-0.25, -0.2) is 0 Å². The summed E-state index contributed by atoms with van der Waals surface area (Å²) in [5.74, 6) is 1.72. The number of amides is 1. The number of hydrogen-bond donors (Lipinski definition) is 2. The number of hydrogen-bond acceptors (Lipinski definition) is 6. The molecule has 0 spiro atoms. The third-order valence-corrected chi connectivity index (χ3v) is 3.25. The van der Waals surface area contributed by atoms with Gasteiger partial charge in [-0.2, -0.15) is 0 Å². The van der Waals surface area contributed by atoms with Crippen LogP contribution >= 0.6 is 0 Å². The Morgan fingerprint density at radius 2 is 1.92 bits per heavy atom. The summed E-state index contributed by atoms with van der Waals surface area (Å²) < 4.78 is 10.1. The Morgan fingerprint density at radius 3 is 2.58 bits per heavy atom. The van der Waals surface area contributed by atoms with Crippen molar-refractivity contribution in [3.8, 4) is 5.75 Å². The van der Waals surface area contributed by atoms with E-state index in [0.29, 0.717) is 28.5 Å². The van der Waals surface area contributed by atoms with Crippen LogP contribution in [0.15, 0.2) is 53.3 Å². The van der Waals surface area contributed by atoms with E-state index in [1.54, 1.807) is 56.6 Å². The highest BCUT2D eigenvalue weighted by Crippen LogP contribution is 2.18. The largest absolute Gasteiger partial charge is 0.497 e. The van der Waals surface area contributed by atoms with E-state index >= 15 is 0 Å². The fourth-order valence-corrected chi connectivity index (χ4v) is 2.08. The lowest BCUT2D eigenvalue weighted by molar-refractivity contribution is 0.102. The first kappa shape index (κ1) is 15.5. The average Bonchev–Trinajstić information content (AvgIpc) is 3.00. The van der Waals surface area contributed by atoms with E-state index in [2.05, 4.69) is 20.8 Å². The number of pyridine rings is 1. The predicted molar refractivity (Wildman–Crippen MR) is 89.7 cm³/mol.